The molecule has 1 N–H and O–H groups in total. The van der Waals surface area contributed by atoms with Crippen LogP contribution in [0.15, 0.2) is 24.3 Å². The van der Waals surface area contributed by atoms with Crippen LogP contribution in [0.2, 0.25) is 0 Å². The number of carboxylic acids is 1. The SMILES string of the molecule is CCOC(Cc1ccc([N+](=O)[O-])cc1)C(=O)O. The molecule has 1 aromatic rings. The lowest BCUT2D eigenvalue weighted by Crippen LogP contribution is -2.26. The molecule has 6 heteroatoms. The molecule has 0 fully saturated rings. The van der Waals surface area contributed by atoms with Crippen LogP contribution in [-0.4, -0.2) is 28.7 Å². The third kappa shape index (κ3) is 3.84. The number of benzene rings is 1. The Morgan fingerprint density at radius 2 is 2.06 bits per heavy atom. The van der Waals surface area contributed by atoms with E-state index in [9.17, 15) is 14.9 Å². The number of nitro groups is 1. The minimum Gasteiger partial charge on any atom is -0.479 e. The highest BCUT2D eigenvalue weighted by Crippen LogP contribution is 2.14. The summed E-state index contributed by atoms with van der Waals surface area (Å²) in [7, 11) is 0. The van der Waals surface area contributed by atoms with Crippen LogP contribution in [0.4, 0.5) is 5.69 Å². The summed E-state index contributed by atoms with van der Waals surface area (Å²) in [6, 6.07) is 5.76. The number of ether oxygens (including phenoxy) is 1. The van der Waals surface area contributed by atoms with Crippen molar-refractivity contribution in [3.63, 3.8) is 0 Å². The quantitative estimate of drug-likeness (QED) is 0.601. The standard InChI is InChI=1S/C11H13NO5/c1-2-17-10(11(13)14)7-8-3-5-9(6-4-8)12(15)16/h3-6,10H,2,7H2,1H3,(H,13,14). The van der Waals surface area contributed by atoms with E-state index in [1.54, 1.807) is 6.92 Å². The van der Waals surface area contributed by atoms with Gasteiger partial charge in [-0.05, 0) is 12.5 Å². The zero-order valence-electron chi connectivity index (χ0n) is 9.33. The third-order valence-electron chi connectivity index (χ3n) is 2.21. The van der Waals surface area contributed by atoms with Crippen molar-refractivity contribution in [2.75, 3.05) is 6.61 Å². The first kappa shape index (κ1) is 13.1. The van der Waals surface area contributed by atoms with Crippen molar-refractivity contribution < 1.29 is 19.6 Å². The molecule has 0 amide bonds. The molecular weight excluding hydrogens is 226 g/mol. The fourth-order valence-corrected chi connectivity index (χ4v) is 1.39. The molecule has 0 aromatic heterocycles. The second-order valence-corrected chi connectivity index (χ2v) is 3.41. The molecule has 1 aromatic carbocycles. The number of hydrogen-bond acceptors (Lipinski definition) is 4. The highest BCUT2D eigenvalue weighted by atomic mass is 16.6. The predicted molar refractivity (Wildman–Crippen MR) is 59.9 cm³/mol. The summed E-state index contributed by atoms with van der Waals surface area (Å²) in [6.45, 7) is 2.02. The molecule has 1 atom stereocenters. The van der Waals surface area contributed by atoms with Crippen LogP contribution in [-0.2, 0) is 16.0 Å². The lowest BCUT2D eigenvalue weighted by molar-refractivity contribution is -0.384. The molecule has 92 valence electrons. The van der Waals surface area contributed by atoms with Gasteiger partial charge in [-0.3, -0.25) is 10.1 Å². The van der Waals surface area contributed by atoms with Gasteiger partial charge in [-0.15, -0.1) is 0 Å². The van der Waals surface area contributed by atoms with E-state index >= 15 is 0 Å². The predicted octanol–water partition coefficient (Wildman–Crippen LogP) is 1.63. The average molecular weight is 239 g/mol. The topological polar surface area (TPSA) is 89.7 Å². The molecule has 0 radical (unpaired) electrons. The molecular formula is C11H13NO5. The van der Waals surface area contributed by atoms with Crippen LogP contribution in [0.1, 0.15) is 12.5 Å². The van der Waals surface area contributed by atoms with Gasteiger partial charge in [0.15, 0.2) is 6.10 Å². The lowest BCUT2D eigenvalue weighted by Gasteiger charge is -2.11. The first-order valence-corrected chi connectivity index (χ1v) is 5.12. The monoisotopic (exact) mass is 239 g/mol. The molecule has 0 heterocycles. The second kappa shape index (κ2) is 5.95. The molecule has 0 aliphatic heterocycles. The van der Waals surface area contributed by atoms with Gasteiger partial charge in [-0.1, -0.05) is 12.1 Å². The number of nitrogens with zero attached hydrogens (tertiary/aromatic N) is 1. The zero-order chi connectivity index (χ0) is 12.8. The summed E-state index contributed by atoms with van der Waals surface area (Å²) in [5, 5.41) is 19.3. The molecule has 0 spiro atoms. The lowest BCUT2D eigenvalue weighted by atomic mass is 10.1. The molecule has 0 bridgehead atoms. The van der Waals surface area contributed by atoms with Gasteiger partial charge >= 0.3 is 5.97 Å². The van der Waals surface area contributed by atoms with Gasteiger partial charge in [0.1, 0.15) is 0 Å². The Morgan fingerprint density at radius 3 is 2.47 bits per heavy atom. The maximum atomic E-state index is 10.8. The maximum Gasteiger partial charge on any atom is 0.333 e. The van der Waals surface area contributed by atoms with Crippen LogP contribution in [0, 0.1) is 10.1 Å². The Labute approximate surface area is 98.0 Å². The fraction of sp³-hybridized carbons (Fsp3) is 0.364. The number of aliphatic carboxylic acids is 1. The summed E-state index contributed by atoms with van der Waals surface area (Å²) < 4.78 is 5.05. The summed E-state index contributed by atoms with van der Waals surface area (Å²) in [4.78, 5) is 20.8. The Hall–Kier alpha value is -1.95. The number of nitro benzene ring substituents is 1. The van der Waals surface area contributed by atoms with Crippen LogP contribution in [0.3, 0.4) is 0 Å². The van der Waals surface area contributed by atoms with Crippen LogP contribution >= 0.6 is 0 Å². The molecule has 0 saturated carbocycles. The number of carbonyl (C=O) groups is 1. The van der Waals surface area contributed by atoms with Gasteiger partial charge in [0.2, 0.25) is 0 Å². The highest BCUT2D eigenvalue weighted by molar-refractivity contribution is 5.72. The minimum atomic E-state index is -1.04. The third-order valence-corrected chi connectivity index (χ3v) is 2.21. The minimum absolute atomic E-state index is 0.0166. The van der Waals surface area contributed by atoms with E-state index in [1.807, 2.05) is 0 Å². The Morgan fingerprint density at radius 1 is 1.47 bits per heavy atom. The van der Waals surface area contributed by atoms with Gasteiger partial charge < -0.3 is 9.84 Å². The smallest absolute Gasteiger partial charge is 0.333 e. The summed E-state index contributed by atoms with van der Waals surface area (Å²) in [6.07, 6.45) is -0.720. The summed E-state index contributed by atoms with van der Waals surface area (Å²) in [5.74, 6) is -1.04. The van der Waals surface area contributed by atoms with E-state index in [4.69, 9.17) is 9.84 Å². The van der Waals surface area contributed by atoms with Gasteiger partial charge in [0, 0.05) is 25.2 Å². The second-order valence-electron chi connectivity index (χ2n) is 3.41. The van der Waals surface area contributed by atoms with Crippen molar-refractivity contribution in [2.45, 2.75) is 19.4 Å². The molecule has 17 heavy (non-hydrogen) atoms. The normalized spacial score (nSPS) is 12.1. The molecule has 0 aliphatic rings. The maximum absolute atomic E-state index is 10.8. The van der Waals surface area contributed by atoms with E-state index in [-0.39, 0.29) is 12.1 Å². The van der Waals surface area contributed by atoms with Crippen molar-refractivity contribution >= 4 is 11.7 Å². The number of hydrogen-bond donors (Lipinski definition) is 1. The van der Waals surface area contributed by atoms with E-state index in [1.165, 1.54) is 24.3 Å². The van der Waals surface area contributed by atoms with Crippen molar-refractivity contribution in [3.05, 3.63) is 39.9 Å². The van der Waals surface area contributed by atoms with Crippen molar-refractivity contribution in [3.8, 4) is 0 Å². The van der Waals surface area contributed by atoms with Crippen LogP contribution in [0.25, 0.3) is 0 Å². The van der Waals surface area contributed by atoms with Crippen LogP contribution in [0.5, 0.6) is 0 Å². The van der Waals surface area contributed by atoms with Crippen LogP contribution < -0.4 is 0 Å². The van der Waals surface area contributed by atoms with Crippen molar-refractivity contribution in [2.24, 2.45) is 0 Å². The number of non-ortho nitro benzene ring substituents is 1. The summed E-state index contributed by atoms with van der Waals surface area (Å²) in [5.41, 5.74) is 0.675. The Balaban J connectivity index is 2.73. The molecule has 1 unspecified atom stereocenters. The van der Waals surface area contributed by atoms with Gasteiger partial charge in [-0.25, -0.2) is 4.79 Å². The fourth-order valence-electron chi connectivity index (χ4n) is 1.39. The molecule has 6 nitrogen and oxygen atoms in total. The van der Waals surface area contributed by atoms with Crippen molar-refractivity contribution in [1.82, 2.24) is 0 Å². The van der Waals surface area contributed by atoms with Crippen molar-refractivity contribution in [1.29, 1.82) is 0 Å². The first-order valence-electron chi connectivity index (χ1n) is 5.12. The number of rotatable bonds is 6. The Bertz CT molecular complexity index is 401. The molecule has 1 rings (SSSR count). The van der Waals surface area contributed by atoms with E-state index in [0.29, 0.717) is 12.2 Å². The number of carboxylic acid groups (broad SMARTS) is 1. The Kier molecular flexibility index (Phi) is 4.59. The first-order chi connectivity index (χ1) is 8.04. The van der Waals surface area contributed by atoms with E-state index < -0.39 is 17.0 Å². The largest absolute Gasteiger partial charge is 0.479 e. The van der Waals surface area contributed by atoms with Gasteiger partial charge in [0.05, 0.1) is 4.92 Å². The van der Waals surface area contributed by atoms with Gasteiger partial charge in [0.25, 0.3) is 5.69 Å². The van der Waals surface area contributed by atoms with E-state index in [0.717, 1.165) is 0 Å². The summed E-state index contributed by atoms with van der Waals surface area (Å²) >= 11 is 0. The average Bonchev–Trinajstić information content (AvgIpc) is 2.29. The molecule has 0 aliphatic carbocycles. The highest BCUT2D eigenvalue weighted by Gasteiger charge is 2.18. The van der Waals surface area contributed by atoms with E-state index in [2.05, 4.69) is 0 Å². The zero-order valence-corrected chi connectivity index (χ0v) is 9.33. The molecule has 0 saturated heterocycles. The van der Waals surface area contributed by atoms with Gasteiger partial charge in [-0.2, -0.15) is 0 Å².